The van der Waals surface area contributed by atoms with Crippen molar-refractivity contribution in [1.82, 2.24) is 10.4 Å². The van der Waals surface area contributed by atoms with Crippen LogP contribution in [0.25, 0.3) is 0 Å². The number of hydrogen-bond acceptors (Lipinski definition) is 9. The minimum absolute atomic E-state index is 0.0422. The molecule has 11 nitrogen and oxygen atoms in total. The quantitative estimate of drug-likeness (QED) is 0.319. The summed E-state index contributed by atoms with van der Waals surface area (Å²) in [7, 11) is 0. The Morgan fingerprint density at radius 2 is 1.74 bits per heavy atom. The lowest BCUT2D eigenvalue weighted by molar-refractivity contribution is -0.422. The summed E-state index contributed by atoms with van der Waals surface area (Å²) in [5.41, 5.74) is 6.48. The molecule has 0 bridgehead atoms. The van der Waals surface area contributed by atoms with E-state index in [2.05, 4.69) is 15.0 Å². The molecule has 200 valence electrons. The molecule has 0 amide bonds. The van der Waals surface area contributed by atoms with Crippen LogP contribution in [0.4, 0.5) is 13.2 Å². The third-order valence-corrected chi connectivity index (χ3v) is 5.03. The molecule has 0 saturated carbocycles. The third-order valence-electron chi connectivity index (χ3n) is 5.03. The predicted octanol–water partition coefficient (Wildman–Crippen LogP) is 4.02. The van der Waals surface area contributed by atoms with Gasteiger partial charge in [0.25, 0.3) is 0 Å². The second kappa shape index (κ2) is 11.4. The monoisotopic (exact) mass is 540 g/mol. The fourth-order valence-electron chi connectivity index (χ4n) is 3.41. The summed E-state index contributed by atoms with van der Waals surface area (Å²) in [5, 5.41) is 24.9. The van der Waals surface area contributed by atoms with Crippen molar-refractivity contribution >= 4 is 5.84 Å². The second-order valence-electron chi connectivity index (χ2n) is 7.83. The summed E-state index contributed by atoms with van der Waals surface area (Å²) in [5.74, 6) is -1.62. The number of aliphatic imine (C=N–C) groups is 1. The molecule has 1 aliphatic rings. The number of halogens is 3. The number of ether oxygens (including phenoxy) is 2. The molecule has 1 heterocycles. The summed E-state index contributed by atoms with van der Waals surface area (Å²) < 4.78 is 47.8. The van der Waals surface area contributed by atoms with Gasteiger partial charge in [0, 0.05) is 12.1 Å². The first-order chi connectivity index (χ1) is 18.6. The topological polar surface area (TPSA) is 148 Å². The van der Waals surface area contributed by atoms with Crippen molar-refractivity contribution in [3.8, 4) is 23.3 Å². The molecule has 3 aromatic rings. The summed E-state index contributed by atoms with van der Waals surface area (Å²) in [6.07, 6.45) is -6.28. The van der Waals surface area contributed by atoms with Gasteiger partial charge in [-0.05, 0) is 29.8 Å². The number of amidine groups is 1. The number of nitrogens with zero attached hydrogens (tertiary/aromatic N) is 4. The van der Waals surface area contributed by atoms with Crippen molar-refractivity contribution < 1.29 is 32.4 Å². The van der Waals surface area contributed by atoms with Crippen LogP contribution in [0.1, 0.15) is 11.1 Å². The van der Waals surface area contributed by atoms with E-state index >= 15 is 0 Å². The highest BCUT2D eigenvalue weighted by molar-refractivity contribution is 5.97. The van der Waals surface area contributed by atoms with Crippen LogP contribution in [0.15, 0.2) is 95.4 Å². The highest BCUT2D eigenvalue weighted by Gasteiger charge is 2.42. The second-order valence-corrected chi connectivity index (χ2v) is 7.83. The molecule has 3 N–H and O–H groups in total. The molecule has 1 aliphatic heterocycles. The number of nitriles is 1. The Morgan fingerprint density at radius 3 is 2.44 bits per heavy atom. The smallest absolute Gasteiger partial charge is 0.433 e. The molecule has 0 radical (unpaired) electrons. The molecule has 14 heteroatoms. The number of nitro groups is 1. The van der Waals surface area contributed by atoms with Gasteiger partial charge >= 0.3 is 17.9 Å². The van der Waals surface area contributed by atoms with Gasteiger partial charge < -0.3 is 19.6 Å². The molecule has 1 unspecified atom stereocenters. The number of hydrogen-bond donors (Lipinski definition) is 2. The van der Waals surface area contributed by atoms with E-state index in [9.17, 15) is 28.5 Å². The third kappa shape index (κ3) is 6.93. The van der Waals surface area contributed by atoms with Gasteiger partial charge in [0.15, 0.2) is 12.0 Å². The zero-order valence-corrected chi connectivity index (χ0v) is 19.8. The predicted molar refractivity (Wildman–Crippen MR) is 130 cm³/mol. The van der Waals surface area contributed by atoms with E-state index in [1.165, 1.54) is 36.4 Å². The molecular formula is C25H19F3N6O5. The van der Waals surface area contributed by atoms with E-state index in [0.717, 1.165) is 22.8 Å². The van der Waals surface area contributed by atoms with Gasteiger partial charge in [0.1, 0.15) is 11.5 Å². The summed E-state index contributed by atoms with van der Waals surface area (Å²) >= 11 is 0. The number of nitrogens with one attached hydrogen (secondary N) is 1. The molecule has 3 aromatic carbocycles. The largest absolute Gasteiger partial charge is 0.573 e. The van der Waals surface area contributed by atoms with Crippen molar-refractivity contribution in [3.63, 3.8) is 0 Å². The van der Waals surface area contributed by atoms with Crippen molar-refractivity contribution in [2.24, 2.45) is 10.7 Å². The number of alkyl halides is 3. The molecule has 0 spiro atoms. The fraction of sp³-hybridized carbons (Fsp3) is 0.120. The van der Waals surface area contributed by atoms with Gasteiger partial charge in [-0.2, -0.15) is 5.26 Å². The van der Waals surface area contributed by atoms with Crippen LogP contribution in [0, 0.1) is 21.4 Å². The van der Waals surface area contributed by atoms with Gasteiger partial charge in [-0.15, -0.1) is 18.2 Å². The standard InChI is InChI=1S/C25H19F3N6O5/c26-25(27,28)38-19-10-5-9-18(13-19)37-23-21(34(35)36)22(31-15-16-6-2-1-3-7-16)32-24(30)33(23)39-20-11-4-8-17(12-20)14-29/h1-13,24H,15,30H2,(H,31,32). The van der Waals surface area contributed by atoms with Gasteiger partial charge in [-0.1, -0.05) is 42.5 Å². The summed E-state index contributed by atoms with van der Waals surface area (Å²) in [6.45, 7) is 0.0422. The highest BCUT2D eigenvalue weighted by Crippen LogP contribution is 2.30. The number of nitrogens with two attached hydrogens (primary N) is 1. The van der Waals surface area contributed by atoms with Crippen LogP contribution in [0.5, 0.6) is 17.2 Å². The molecule has 39 heavy (non-hydrogen) atoms. The van der Waals surface area contributed by atoms with Crippen molar-refractivity contribution in [2.75, 3.05) is 0 Å². The van der Waals surface area contributed by atoms with E-state index < -0.39 is 34.9 Å². The van der Waals surface area contributed by atoms with E-state index in [1.54, 1.807) is 30.3 Å². The van der Waals surface area contributed by atoms with Crippen molar-refractivity contribution in [2.45, 2.75) is 19.2 Å². The first-order valence-electron chi connectivity index (χ1n) is 11.1. The maximum atomic E-state index is 12.7. The highest BCUT2D eigenvalue weighted by atomic mass is 19.4. The van der Waals surface area contributed by atoms with E-state index in [-0.39, 0.29) is 29.4 Å². The number of benzene rings is 3. The Labute approximate surface area is 219 Å². The Hall–Kier alpha value is -5.29. The first kappa shape index (κ1) is 26.8. The van der Waals surface area contributed by atoms with E-state index in [0.29, 0.717) is 0 Å². The van der Waals surface area contributed by atoms with Gasteiger partial charge in [-0.3, -0.25) is 20.8 Å². The van der Waals surface area contributed by atoms with Crippen molar-refractivity contribution in [1.29, 1.82) is 5.26 Å². The maximum Gasteiger partial charge on any atom is 0.573 e. The Balaban J connectivity index is 1.78. The minimum atomic E-state index is -4.97. The lowest BCUT2D eigenvalue weighted by Gasteiger charge is -2.34. The lowest BCUT2D eigenvalue weighted by Crippen LogP contribution is -2.60. The molecule has 4 rings (SSSR count). The van der Waals surface area contributed by atoms with Gasteiger partial charge in [0.2, 0.25) is 5.84 Å². The van der Waals surface area contributed by atoms with Crippen LogP contribution in [0.3, 0.4) is 0 Å². The zero-order chi connectivity index (χ0) is 28.0. The van der Waals surface area contributed by atoms with Crippen molar-refractivity contribution in [3.05, 3.63) is 112 Å². The molecule has 0 aliphatic carbocycles. The molecule has 0 aromatic heterocycles. The van der Waals surface area contributed by atoms with E-state index in [1.807, 2.05) is 6.07 Å². The normalized spacial score (nSPS) is 16.3. The minimum Gasteiger partial charge on any atom is -0.433 e. The first-order valence-corrected chi connectivity index (χ1v) is 11.1. The fourth-order valence-corrected chi connectivity index (χ4v) is 3.41. The molecule has 1 atom stereocenters. The summed E-state index contributed by atoms with van der Waals surface area (Å²) in [6, 6.07) is 21.0. The van der Waals surface area contributed by atoms with Gasteiger partial charge in [-0.25, -0.2) is 0 Å². The Morgan fingerprint density at radius 1 is 1.05 bits per heavy atom. The Kier molecular flexibility index (Phi) is 7.82. The van der Waals surface area contributed by atoms with Crippen LogP contribution >= 0.6 is 0 Å². The molecule has 0 fully saturated rings. The molecular weight excluding hydrogens is 521 g/mol. The van der Waals surface area contributed by atoms with Crippen LogP contribution < -0.4 is 25.4 Å². The summed E-state index contributed by atoms with van der Waals surface area (Å²) in [4.78, 5) is 21.5. The van der Waals surface area contributed by atoms with Crippen LogP contribution in [0.2, 0.25) is 0 Å². The maximum absolute atomic E-state index is 12.7. The van der Waals surface area contributed by atoms with Crippen LogP contribution in [-0.4, -0.2) is 28.5 Å². The van der Waals surface area contributed by atoms with Gasteiger partial charge in [0.05, 0.1) is 23.1 Å². The SMILES string of the molecule is N#Cc1cccc(ON2C(Oc3cccc(OC(F)(F)F)c3)=C([N+](=O)[O-])C(=NCc3ccccc3)NC2N)c1. The number of hydroxylamine groups is 2. The zero-order valence-electron chi connectivity index (χ0n) is 19.8. The average Bonchev–Trinajstić information content (AvgIpc) is 2.89. The lowest BCUT2D eigenvalue weighted by atomic mass is 10.2. The Bertz CT molecular complexity index is 1460. The number of rotatable bonds is 8. The molecule has 0 saturated heterocycles. The van der Waals surface area contributed by atoms with E-state index in [4.69, 9.17) is 15.3 Å². The van der Waals surface area contributed by atoms with Crippen LogP contribution in [-0.2, 0) is 6.54 Å². The average molecular weight is 540 g/mol.